The van der Waals surface area contributed by atoms with Gasteiger partial charge < -0.3 is 20.1 Å². The van der Waals surface area contributed by atoms with E-state index in [9.17, 15) is 14.7 Å². The van der Waals surface area contributed by atoms with Gasteiger partial charge in [-0.1, -0.05) is 77.4 Å². The normalized spacial score (nSPS) is 18.5. The van der Waals surface area contributed by atoms with Gasteiger partial charge in [-0.15, -0.1) is 0 Å². The van der Waals surface area contributed by atoms with Crippen LogP contribution in [0.1, 0.15) is 77.2 Å². The fraction of sp³-hybridized carbons (Fsp3) is 0.538. The summed E-state index contributed by atoms with van der Waals surface area (Å²) in [6.07, 6.45) is 0.373. The third-order valence-corrected chi connectivity index (χ3v) is 4.80. The van der Waals surface area contributed by atoms with E-state index in [0.29, 0.717) is 24.3 Å². The Balaban J connectivity index is 0. The molecule has 0 bridgehead atoms. The number of halogens is 2. The van der Waals surface area contributed by atoms with E-state index in [1.165, 1.54) is 0 Å². The monoisotopic (exact) mass is 488 g/mol. The van der Waals surface area contributed by atoms with Gasteiger partial charge in [-0.2, -0.15) is 0 Å². The fourth-order valence-corrected chi connectivity index (χ4v) is 3.32. The minimum atomic E-state index is -0.497. The van der Waals surface area contributed by atoms with Crippen molar-refractivity contribution in [3.63, 3.8) is 0 Å². The number of benzene rings is 2. The van der Waals surface area contributed by atoms with Crippen LogP contribution in [0.3, 0.4) is 0 Å². The SMILES string of the molecule is CC.CC.CC.CO.OC[C@@H]1C[C@H](O)C[C@H](c2ccc(Cl)c(Cc3ccc(OF)cc3)c2)O1. The van der Waals surface area contributed by atoms with E-state index in [0.717, 1.165) is 23.8 Å². The Hall–Kier alpha value is -1.70. The van der Waals surface area contributed by atoms with Crippen LogP contribution < -0.4 is 4.94 Å². The maximum absolute atomic E-state index is 12.1. The van der Waals surface area contributed by atoms with Gasteiger partial charge in [0.15, 0.2) is 5.75 Å². The highest BCUT2D eigenvalue weighted by atomic mass is 35.5. The molecule has 3 rings (SSSR count). The zero-order chi connectivity index (χ0) is 25.8. The standard InChI is InChI=1S/C19H20ClFO4.3C2H6.CH4O/c20-18-6-3-13(19-10-15(23)9-17(11-22)24-19)8-14(18)7-12-1-4-16(25-21)5-2-12;4*1-2/h1-6,8,15,17,19,22-23H,7,9-11H2;3*1-2H3;2H,1H3/t15-,17-,19+;;;;/m0..../s1. The van der Waals surface area contributed by atoms with E-state index < -0.39 is 6.10 Å². The molecule has 1 fully saturated rings. The predicted molar refractivity (Wildman–Crippen MR) is 135 cm³/mol. The molecular weight excluding hydrogens is 447 g/mol. The molecule has 0 unspecified atom stereocenters. The molecule has 0 amide bonds. The van der Waals surface area contributed by atoms with Gasteiger partial charge >= 0.3 is 0 Å². The molecule has 1 saturated heterocycles. The second-order valence-electron chi connectivity index (χ2n) is 6.30. The largest absolute Gasteiger partial charge is 0.400 e. The van der Waals surface area contributed by atoms with E-state index >= 15 is 0 Å². The Labute approximate surface area is 204 Å². The highest BCUT2D eigenvalue weighted by Crippen LogP contribution is 2.33. The summed E-state index contributed by atoms with van der Waals surface area (Å²) in [6.45, 7) is 11.9. The molecular formula is C26H42ClFO5. The molecule has 0 aliphatic carbocycles. The summed E-state index contributed by atoms with van der Waals surface area (Å²) in [6, 6.07) is 12.3. The Kier molecular flexibility index (Phi) is 21.2. The highest BCUT2D eigenvalue weighted by molar-refractivity contribution is 6.31. The maximum Gasteiger partial charge on any atom is 0.171 e. The van der Waals surface area contributed by atoms with Gasteiger partial charge in [0.2, 0.25) is 0 Å². The van der Waals surface area contributed by atoms with Crippen LogP contribution in [-0.4, -0.2) is 41.2 Å². The van der Waals surface area contributed by atoms with Crippen molar-refractivity contribution in [1.82, 2.24) is 0 Å². The molecule has 2 aromatic carbocycles. The highest BCUT2D eigenvalue weighted by Gasteiger charge is 2.29. The third-order valence-electron chi connectivity index (χ3n) is 4.43. The van der Waals surface area contributed by atoms with Crippen molar-refractivity contribution >= 4 is 11.6 Å². The van der Waals surface area contributed by atoms with Crippen molar-refractivity contribution in [3.05, 3.63) is 64.2 Å². The fourth-order valence-electron chi connectivity index (χ4n) is 3.13. The summed E-state index contributed by atoms with van der Waals surface area (Å²) in [7, 11) is 1.00. The van der Waals surface area contributed by atoms with Crippen LogP contribution in [0.15, 0.2) is 42.5 Å². The second-order valence-corrected chi connectivity index (χ2v) is 6.71. The Morgan fingerprint density at radius 3 is 2.06 bits per heavy atom. The molecule has 0 saturated carbocycles. The Morgan fingerprint density at radius 2 is 1.55 bits per heavy atom. The van der Waals surface area contributed by atoms with Crippen LogP contribution in [0.4, 0.5) is 4.53 Å². The smallest absolute Gasteiger partial charge is 0.171 e. The quantitative estimate of drug-likeness (QED) is 0.450. The summed E-state index contributed by atoms with van der Waals surface area (Å²) >= 11 is 6.31. The first-order valence-electron chi connectivity index (χ1n) is 11.6. The van der Waals surface area contributed by atoms with Crippen LogP contribution >= 0.6 is 11.6 Å². The van der Waals surface area contributed by atoms with Gasteiger partial charge in [0.1, 0.15) is 0 Å². The van der Waals surface area contributed by atoms with Crippen LogP contribution in [0.25, 0.3) is 0 Å². The second kappa shape index (κ2) is 20.9. The lowest BCUT2D eigenvalue weighted by Crippen LogP contribution is -2.33. The first-order valence-corrected chi connectivity index (χ1v) is 12.0. The van der Waals surface area contributed by atoms with Crippen molar-refractivity contribution in [1.29, 1.82) is 0 Å². The lowest BCUT2D eigenvalue weighted by Gasteiger charge is -2.32. The summed E-state index contributed by atoms with van der Waals surface area (Å²) in [4.78, 5) is 3.69. The molecule has 190 valence electrons. The minimum Gasteiger partial charge on any atom is -0.400 e. The van der Waals surface area contributed by atoms with Crippen LogP contribution in [-0.2, 0) is 11.2 Å². The van der Waals surface area contributed by atoms with Crippen LogP contribution in [0, 0.1) is 0 Å². The Morgan fingerprint density at radius 1 is 0.970 bits per heavy atom. The molecule has 7 heteroatoms. The third kappa shape index (κ3) is 11.8. The van der Waals surface area contributed by atoms with Gasteiger partial charge in [-0.3, -0.25) is 4.94 Å². The zero-order valence-corrected chi connectivity index (χ0v) is 21.8. The average Bonchev–Trinajstić information content (AvgIpc) is 2.90. The molecule has 3 atom stereocenters. The van der Waals surface area contributed by atoms with Gasteiger partial charge in [-0.05, 0) is 41.3 Å². The lowest BCUT2D eigenvalue weighted by atomic mass is 9.94. The van der Waals surface area contributed by atoms with E-state index in [-0.39, 0.29) is 24.6 Å². The zero-order valence-electron chi connectivity index (χ0n) is 21.0. The molecule has 0 spiro atoms. The number of hydrogen-bond acceptors (Lipinski definition) is 5. The van der Waals surface area contributed by atoms with Crippen molar-refractivity contribution in [2.75, 3.05) is 13.7 Å². The van der Waals surface area contributed by atoms with Crippen molar-refractivity contribution < 1.29 is 29.5 Å². The van der Waals surface area contributed by atoms with Crippen LogP contribution in [0.2, 0.25) is 5.02 Å². The van der Waals surface area contributed by atoms with Gasteiger partial charge in [-0.25, -0.2) is 0 Å². The molecule has 0 aromatic heterocycles. The molecule has 5 nitrogen and oxygen atoms in total. The van der Waals surface area contributed by atoms with Gasteiger partial charge in [0.25, 0.3) is 0 Å². The summed E-state index contributed by atoms with van der Waals surface area (Å²) in [5.74, 6) is 0.156. The molecule has 1 aliphatic rings. The van der Waals surface area contributed by atoms with Crippen molar-refractivity contribution in [2.45, 2.75) is 79.1 Å². The molecule has 33 heavy (non-hydrogen) atoms. The minimum absolute atomic E-state index is 0.114. The van der Waals surface area contributed by atoms with Crippen molar-refractivity contribution in [2.24, 2.45) is 0 Å². The topological polar surface area (TPSA) is 79.2 Å². The lowest BCUT2D eigenvalue weighted by molar-refractivity contribution is -0.113. The van der Waals surface area contributed by atoms with Crippen molar-refractivity contribution in [3.8, 4) is 5.75 Å². The van der Waals surface area contributed by atoms with E-state index in [2.05, 4.69) is 4.94 Å². The molecule has 0 radical (unpaired) electrons. The first-order chi connectivity index (χ1) is 16.1. The Bertz CT molecular complexity index is 712. The van der Waals surface area contributed by atoms with E-state index in [4.69, 9.17) is 21.4 Å². The number of aliphatic hydroxyl groups excluding tert-OH is 3. The number of aliphatic hydroxyl groups is 3. The number of hydrogen-bond donors (Lipinski definition) is 3. The predicted octanol–water partition coefficient (Wildman–Crippen LogP) is 6.45. The summed E-state index contributed by atoms with van der Waals surface area (Å²) in [5.41, 5.74) is 2.80. The van der Waals surface area contributed by atoms with E-state index in [1.807, 2.05) is 59.7 Å². The maximum atomic E-state index is 12.1. The van der Waals surface area contributed by atoms with Gasteiger partial charge in [0, 0.05) is 29.5 Å². The number of rotatable bonds is 5. The summed E-state index contributed by atoms with van der Waals surface area (Å²) in [5, 5.41) is 26.9. The molecule has 1 aliphatic heterocycles. The molecule has 2 aromatic rings. The van der Waals surface area contributed by atoms with E-state index in [1.54, 1.807) is 24.3 Å². The number of ether oxygens (including phenoxy) is 1. The molecule has 3 N–H and O–H groups in total. The average molecular weight is 489 g/mol. The molecule has 1 heterocycles. The van der Waals surface area contributed by atoms with Crippen LogP contribution in [0.5, 0.6) is 5.75 Å². The van der Waals surface area contributed by atoms with Gasteiger partial charge in [0.05, 0.1) is 24.9 Å². The summed E-state index contributed by atoms with van der Waals surface area (Å²) < 4.78 is 18.0. The first kappa shape index (κ1) is 33.5.